The van der Waals surface area contributed by atoms with Crippen molar-refractivity contribution >= 4 is 17.6 Å². The van der Waals surface area contributed by atoms with Gasteiger partial charge in [-0.15, -0.1) is 0 Å². The molecule has 15 heavy (non-hydrogen) atoms. The lowest BCUT2D eigenvalue weighted by Gasteiger charge is -2.14. The van der Waals surface area contributed by atoms with Gasteiger partial charge in [0.25, 0.3) is 0 Å². The van der Waals surface area contributed by atoms with Crippen molar-refractivity contribution < 1.29 is 14.6 Å². The molecule has 1 aromatic carbocycles. The lowest BCUT2D eigenvalue weighted by molar-refractivity contribution is -0.137. The minimum Gasteiger partial charge on any atom is -0.496 e. The van der Waals surface area contributed by atoms with Gasteiger partial charge < -0.3 is 15.6 Å². The quantitative estimate of drug-likeness (QED) is 0.826. The van der Waals surface area contributed by atoms with Gasteiger partial charge >= 0.3 is 5.97 Å². The van der Waals surface area contributed by atoms with Crippen LogP contribution in [0.25, 0.3) is 0 Å². The molecule has 0 saturated heterocycles. The summed E-state index contributed by atoms with van der Waals surface area (Å²) in [7, 11) is 1.50. The van der Waals surface area contributed by atoms with E-state index < -0.39 is 12.0 Å². The molecule has 0 radical (unpaired) electrons. The van der Waals surface area contributed by atoms with E-state index in [1.165, 1.54) is 7.11 Å². The number of benzene rings is 1. The van der Waals surface area contributed by atoms with E-state index >= 15 is 0 Å². The molecule has 82 valence electrons. The monoisotopic (exact) mass is 229 g/mol. The maximum absolute atomic E-state index is 10.5. The molecule has 4 nitrogen and oxygen atoms in total. The van der Waals surface area contributed by atoms with Gasteiger partial charge in [0.2, 0.25) is 0 Å². The van der Waals surface area contributed by atoms with Gasteiger partial charge in [-0.25, -0.2) is 0 Å². The minimum atomic E-state index is -0.954. The first kappa shape index (κ1) is 11.8. The first-order chi connectivity index (χ1) is 7.04. The van der Waals surface area contributed by atoms with E-state index in [4.69, 9.17) is 27.2 Å². The molecule has 0 amide bonds. The third kappa shape index (κ3) is 3.11. The van der Waals surface area contributed by atoms with Gasteiger partial charge in [0.1, 0.15) is 5.75 Å². The highest BCUT2D eigenvalue weighted by molar-refractivity contribution is 6.30. The maximum Gasteiger partial charge on any atom is 0.305 e. The molecule has 0 saturated carbocycles. The molecule has 0 aromatic heterocycles. The number of aliphatic carboxylic acids is 1. The molecule has 0 aliphatic rings. The predicted molar refractivity (Wildman–Crippen MR) is 57.2 cm³/mol. The second-order valence-electron chi connectivity index (χ2n) is 3.09. The largest absolute Gasteiger partial charge is 0.496 e. The van der Waals surface area contributed by atoms with E-state index in [0.29, 0.717) is 16.3 Å². The first-order valence-corrected chi connectivity index (χ1v) is 4.73. The van der Waals surface area contributed by atoms with E-state index in [2.05, 4.69) is 0 Å². The van der Waals surface area contributed by atoms with Crippen LogP contribution in [-0.4, -0.2) is 18.2 Å². The summed E-state index contributed by atoms with van der Waals surface area (Å²) in [6.07, 6.45) is -0.156. The van der Waals surface area contributed by atoms with Crippen LogP contribution in [0.5, 0.6) is 5.75 Å². The zero-order chi connectivity index (χ0) is 11.4. The average Bonchev–Trinajstić information content (AvgIpc) is 2.16. The van der Waals surface area contributed by atoms with Crippen molar-refractivity contribution in [2.75, 3.05) is 7.11 Å². The summed E-state index contributed by atoms with van der Waals surface area (Å²) in [6.45, 7) is 0. The van der Waals surface area contributed by atoms with Crippen LogP contribution in [0.1, 0.15) is 18.0 Å². The Morgan fingerprint density at radius 2 is 2.33 bits per heavy atom. The Morgan fingerprint density at radius 3 is 2.87 bits per heavy atom. The number of carboxylic acid groups (broad SMARTS) is 1. The number of methoxy groups -OCH3 is 1. The lowest BCUT2D eigenvalue weighted by Crippen LogP contribution is -2.15. The van der Waals surface area contributed by atoms with Crippen molar-refractivity contribution in [1.29, 1.82) is 0 Å². The molecular formula is C10H12ClNO3. The van der Waals surface area contributed by atoms with Gasteiger partial charge in [-0.1, -0.05) is 11.6 Å². The van der Waals surface area contributed by atoms with Crippen LogP contribution in [0, 0.1) is 0 Å². The van der Waals surface area contributed by atoms with Crippen molar-refractivity contribution in [3.05, 3.63) is 28.8 Å². The molecule has 0 aliphatic heterocycles. The SMILES string of the molecule is COc1ccc(Cl)cc1C(N)CC(=O)O. The zero-order valence-electron chi connectivity index (χ0n) is 8.24. The van der Waals surface area contributed by atoms with Crippen LogP contribution in [0.4, 0.5) is 0 Å². The summed E-state index contributed by atoms with van der Waals surface area (Å²) in [6, 6.07) is 4.33. The molecule has 1 atom stereocenters. The van der Waals surface area contributed by atoms with E-state index in [1.54, 1.807) is 18.2 Å². The standard InChI is InChI=1S/C10H12ClNO3/c1-15-9-3-2-6(11)4-7(9)8(12)5-10(13)14/h2-4,8H,5,12H2,1H3,(H,13,14). The summed E-state index contributed by atoms with van der Waals surface area (Å²) in [5, 5.41) is 9.13. The number of carbonyl (C=O) groups is 1. The van der Waals surface area contributed by atoms with Gasteiger partial charge in [-0.05, 0) is 18.2 Å². The summed E-state index contributed by atoms with van der Waals surface area (Å²) >= 11 is 5.80. The number of carboxylic acids is 1. The summed E-state index contributed by atoms with van der Waals surface area (Å²) in [5.41, 5.74) is 6.33. The molecule has 1 unspecified atom stereocenters. The Balaban J connectivity index is 2.99. The van der Waals surface area contributed by atoms with Crippen LogP contribution < -0.4 is 10.5 Å². The topological polar surface area (TPSA) is 72.5 Å². The molecule has 0 heterocycles. The van der Waals surface area contributed by atoms with Crippen molar-refractivity contribution in [1.82, 2.24) is 0 Å². The Morgan fingerprint density at radius 1 is 1.67 bits per heavy atom. The van der Waals surface area contributed by atoms with E-state index in [-0.39, 0.29) is 6.42 Å². The fourth-order valence-electron chi connectivity index (χ4n) is 1.29. The first-order valence-electron chi connectivity index (χ1n) is 4.35. The Kier molecular flexibility index (Phi) is 3.94. The third-order valence-corrected chi connectivity index (χ3v) is 2.22. The highest BCUT2D eigenvalue weighted by Crippen LogP contribution is 2.28. The van der Waals surface area contributed by atoms with Crippen LogP contribution in [0.15, 0.2) is 18.2 Å². The van der Waals surface area contributed by atoms with Gasteiger partial charge in [-0.3, -0.25) is 4.79 Å². The van der Waals surface area contributed by atoms with Crippen molar-refractivity contribution in [2.45, 2.75) is 12.5 Å². The van der Waals surface area contributed by atoms with Crippen LogP contribution >= 0.6 is 11.6 Å². The fourth-order valence-corrected chi connectivity index (χ4v) is 1.47. The fraction of sp³-hybridized carbons (Fsp3) is 0.300. The van der Waals surface area contributed by atoms with Crippen molar-refractivity contribution in [3.63, 3.8) is 0 Å². The number of hydrogen-bond donors (Lipinski definition) is 2. The van der Waals surface area contributed by atoms with Gasteiger partial charge in [0, 0.05) is 16.6 Å². The highest BCUT2D eigenvalue weighted by atomic mass is 35.5. The van der Waals surface area contributed by atoms with Gasteiger partial charge in [0.15, 0.2) is 0 Å². The Bertz CT molecular complexity index is 368. The number of halogens is 1. The highest BCUT2D eigenvalue weighted by Gasteiger charge is 2.15. The molecular weight excluding hydrogens is 218 g/mol. The second kappa shape index (κ2) is 5.00. The Hall–Kier alpha value is -1.26. The molecule has 5 heteroatoms. The maximum atomic E-state index is 10.5. The van der Waals surface area contributed by atoms with Gasteiger partial charge in [-0.2, -0.15) is 0 Å². The Labute approximate surface area is 92.6 Å². The minimum absolute atomic E-state index is 0.156. The number of ether oxygens (including phenoxy) is 1. The summed E-state index contributed by atoms with van der Waals surface area (Å²) < 4.78 is 5.07. The predicted octanol–water partition coefficient (Wildman–Crippen LogP) is 1.82. The van der Waals surface area contributed by atoms with E-state index in [0.717, 1.165) is 0 Å². The number of rotatable bonds is 4. The van der Waals surface area contributed by atoms with E-state index in [9.17, 15) is 4.79 Å². The molecule has 1 aromatic rings. The molecule has 0 spiro atoms. The molecule has 3 N–H and O–H groups in total. The van der Waals surface area contributed by atoms with Crippen molar-refractivity contribution in [3.8, 4) is 5.75 Å². The van der Waals surface area contributed by atoms with Crippen LogP contribution in [0.2, 0.25) is 5.02 Å². The molecule has 1 rings (SSSR count). The van der Waals surface area contributed by atoms with E-state index in [1.807, 2.05) is 0 Å². The van der Waals surface area contributed by atoms with Crippen molar-refractivity contribution in [2.24, 2.45) is 5.73 Å². The summed E-state index contributed by atoms with van der Waals surface area (Å²) in [5.74, 6) is -0.405. The average molecular weight is 230 g/mol. The lowest BCUT2D eigenvalue weighted by atomic mass is 10.0. The number of hydrogen-bond acceptors (Lipinski definition) is 3. The van der Waals surface area contributed by atoms with Crippen LogP contribution in [-0.2, 0) is 4.79 Å². The normalized spacial score (nSPS) is 12.2. The second-order valence-corrected chi connectivity index (χ2v) is 3.53. The zero-order valence-corrected chi connectivity index (χ0v) is 8.99. The molecule has 0 bridgehead atoms. The molecule has 0 aliphatic carbocycles. The third-order valence-electron chi connectivity index (χ3n) is 1.99. The van der Waals surface area contributed by atoms with Crippen LogP contribution in [0.3, 0.4) is 0 Å². The molecule has 0 fully saturated rings. The summed E-state index contributed by atoms with van der Waals surface area (Å²) in [4.78, 5) is 10.5. The smallest absolute Gasteiger partial charge is 0.305 e. The number of nitrogens with two attached hydrogens (primary N) is 1. The van der Waals surface area contributed by atoms with Gasteiger partial charge in [0.05, 0.1) is 13.5 Å².